The van der Waals surface area contributed by atoms with Crippen LogP contribution in [0.3, 0.4) is 0 Å². The Morgan fingerprint density at radius 2 is 1.24 bits per heavy atom. The summed E-state index contributed by atoms with van der Waals surface area (Å²) in [5, 5.41) is 12.3. The van der Waals surface area contributed by atoms with E-state index in [9.17, 15) is 4.79 Å². The van der Waals surface area contributed by atoms with Gasteiger partial charge in [-0.15, -0.1) is 0 Å². The monoisotopic (exact) mass is 419 g/mol. The van der Waals surface area contributed by atoms with Crippen LogP contribution in [0.2, 0.25) is 0 Å². The SMILES string of the molecule is [N-]=[N+]=NCCOCCOCCOCCOCCOCCN1CCN(C(=O)O)CC1. The Labute approximate surface area is 171 Å². The van der Waals surface area contributed by atoms with Gasteiger partial charge in [-0.3, -0.25) is 4.90 Å². The number of nitrogens with zero attached hydrogens (tertiary/aromatic N) is 5. The number of carbonyl (C=O) groups is 1. The molecule has 0 spiro atoms. The largest absolute Gasteiger partial charge is 0.465 e. The molecule has 0 aromatic heterocycles. The zero-order valence-corrected chi connectivity index (χ0v) is 16.9. The zero-order valence-electron chi connectivity index (χ0n) is 16.9. The van der Waals surface area contributed by atoms with Crippen LogP contribution in [0.25, 0.3) is 10.4 Å². The molecule has 1 saturated heterocycles. The highest BCUT2D eigenvalue weighted by Crippen LogP contribution is 2.01. The molecule has 0 bridgehead atoms. The van der Waals surface area contributed by atoms with Crippen molar-refractivity contribution in [3.63, 3.8) is 0 Å². The van der Waals surface area contributed by atoms with Crippen molar-refractivity contribution in [3.8, 4) is 0 Å². The molecule has 29 heavy (non-hydrogen) atoms. The highest BCUT2D eigenvalue weighted by molar-refractivity contribution is 5.65. The summed E-state index contributed by atoms with van der Waals surface area (Å²) in [6, 6.07) is 0. The summed E-state index contributed by atoms with van der Waals surface area (Å²) in [7, 11) is 0. The molecule has 1 heterocycles. The first-order valence-corrected chi connectivity index (χ1v) is 9.84. The molecular formula is C17H33N5O7. The molecule has 1 amide bonds. The first-order chi connectivity index (χ1) is 14.2. The number of hydrogen-bond acceptors (Lipinski definition) is 8. The normalized spacial score (nSPS) is 14.7. The zero-order chi connectivity index (χ0) is 21.0. The molecule has 0 radical (unpaired) electrons. The van der Waals surface area contributed by atoms with Crippen molar-refractivity contribution in [2.24, 2.45) is 5.11 Å². The smallest absolute Gasteiger partial charge is 0.407 e. The van der Waals surface area contributed by atoms with Crippen molar-refractivity contribution >= 4 is 6.09 Å². The van der Waals surface area contributed by atoms with Crippen molar-refractivity contribution in [1.29, 1.82) is 0 Å². The van der Waals surface area contributed by atoms with Crippen LogP contribution in [0.4, 0.5) is 4.79 Å². The van der Waals surface area contributed by atoms with Gasteiger partial charge >= 0.3 is 6.09 Å². The van der Waals surface area contributed by atoms with Gasteiger partial charge < -0.3 is 33.7 Å². The number of hydrogen-bond donors (Lipinski definition) is 1. The van der Waals surface area contributed by atoms with E-state index in [1.807, 2.05) is 0 Å². The van der Waals surface area contributed by atoms with Gasteiger partial charge in [0, 0.05) is 44.2 Å². The van der Waals surface area contributed by atoms with Gasteiger partial charge in [-0.25, -0.2) is 4.79 Å². The highest BCUT2D eigenvalue weighted by Gasteiger charge is 2.19. The van der Waals surface area contributed by atoms with E-state index in [4.69, 9.17) is 34.3 Å². The summed E-state index contributed by atoms with van der Waals surface area (Å²) >= 11 is 0. The summed E-state index contributed by atoms with van der Waals surface area (Å²) in [5.74, 6) is 0. The van der Waals surface area contributed by atoms with Gasteiger partial charge in [0.1, 0.15) is 0 Å². The van der Waals surface area contributed by atoms with Crippen LogP contribution in [-0.4, -0.2) is 126 Å². The molecule has 1 rings (SSSR count). The van der Waals surface area contributed by atoms with Crippen LogP contribution < -0.4 is 0 Å². The summed E-state index contributed by atoms with van der Waals surface area (Å²) in [5.41, 5.74) is 8.09. The quantitative estimate of drug-likeness (QED) is 0.148. The first kappa shape index (κ1) is 25.4. The maximum Gasteiger partial charge on any atom is 0.407 e. The van der Waals surface area contributed by atoms with Gasteiger partial charge in [0.25, 0.3) is 0 Å². The van der Waals surface area contributed by atoms with E-state index < -0.39 is 6.09 Å². The molecule has 0 aliphatic carbocycles. The lowest BCUT2D eigenvalue weighted by Crippen LogP contribution is -2.49. The summed E-state index contributed by atoms with van der Waals surface area (Å²) in [6.45, 7) is 8.70. The Kier molecular flexibility index (Phi) is 16.1. The number of amides is 1. The number of ether oxygens (including phenoxy) is 5. The fourth-order valence-corrected chi connectivity index (χ4v) is 2.49. The average molecular weight is 419 g/mol. The topological polar surface area (TPSA) is 139 Å². The molecule has 0 aromatic rings. The Hall–Kier alpha value is -1.66. The van der Waals surface area contributed by atoms with Crippen LogP contribution in [0.15, 0.2) is 5.11 Å². The van der Waals surface area contributed by atoms with Crippen molar-refractivity contribution in [3.05, 3.63) is 10.4 Å². The van der Waals surface area contributed by atoms with Crippen molar-refractivity contribution < 1.29 is 33.6 Å². The van der Waals surface area contributed by atoms with Crippen LogP contribution in [-0.2, 0) is 23.7 Å². The van der Waals surface area contributed by atoms with Crippen LogP contribution in [0, 0.1) is 0 Å². The fourth-order valence-electron chi connectivity index (χ4n) is 2.49. The van der Waals surface area contributed by atoms with E-state index in [0.29, 0.717) is 85.7 Å². The van der Waals surface area contributed by atoms with E-state index >= 15 is 0 Å². The molecule has 0 atom stereocenters. The molecule has 0 unspecified atom stereocenters. The van der Waals surface area contributed by atoms with Gasteiger partial charge in [-0.2, -0.15) is 0 Å². The molecule has 168 valence electrons. The van der Waals surface area contributed by atoms with Gasteiger partial charge in [-0.05, 0) is 5.53 Å². The standard InChI is InChI=1S/C17H33N5O7/c18-20-19-1-7-25-9-11-27-13-15-29-16-14-28-12-10-26-8-6-21-2-4-22(5-3-21)17(23)24/h1-16H2,(H,23,24). The summed E-state index contributed by atoms with van der Waals surface area (Å²) in [4.78, 5) is 17.1. The molecular weight excluding hydrogens is 386 g/mol. The van der Waals surface area contributed by atoms with Crippen LogP contribution in [0.5, 0.6) is 0 Å². The van der Waals surface area contributed by atoms with Crippen molar-refractivity contribution in [2.45, 2.75) is 0 Å². The minimum absolute atomic E-state index is 0.330. The maximum atomic E-state index is 10.8. The Morgan fingerprint density at radius 3 is 1.69 bits per heavy atom. The third kappa shape index (κ3) is 14.9. The number of carboxylic acid groups (broad SMARTS) is 1. The molecule has 12 nitrogen and oxygen atoms in total. The molecule has 0 aromatic carbocycles. The lowest BCUT2D eigenvalue weighted by Gasteiger charge is -2.32. The Bertz CT molecular complexity index is 457. The van der Waals surface area contributed by atoms with Crippen LogP contribution >= 0.6 is 0 Å². The fraction of sp³-hybridized carbons (Fsp3) is 0.941. The Morgan fingerprint density at radius 1 is 0.793 bits per heavy atom. The predicted molar refractivity (Wildman–Crippen MR) is 104 cm³/mol. The molecule has 12 heteroatoms. The lowest BCUT2D eigenvalue weighted by molar-refractivity contribution is -0.0124. The van der Waals surface area contributed by atoms with Crippen molar-refractivity contribution in [1.82, 2.24) is 9.80 Å². The van der Waals surface area contributed by atoms with E-state index in [2.05, 4.69) is 14.9 Å². The predicted octanol–water partition coefficient (Wildman–Crippen LogP) is 0.675. The van der Waals surface area contributed by atoms with E-state index in [1.54, 1.807) is 0 Å². The summed E-state index contributed by atoms with van der Waals surface area (Å²) < 4.78 is 26.9. The first-order valence-electron chi connectivity index (χ1n) is 9.84. The second-order valence-corrected chi connectivity index (χ2v) is 6.13. The van der Waals surface area contributed by atoms with Crippen LogP contribution in [0.1, 0.15) is 0 Å². The molecule has 1 aliphatic heterocycles. The van der Waals surface area contributed by atoms with Gasteiger partial charge in [-0.1, -0.05) is 5.11 Å². The van der Waals surface area contributed by atoms with E-state index in [1.165, 1.54) is 4.90 Å². The lowest BCUT2D eigenvalue weighted by atomic mass is 10.3. The third-order valence-electron chi connectivity index (χ3n) is 4.08. The number of rotatable bonds is 18. The minimum atomic E-state index is -0.848. The van der Waals surface area contributed by atoms with E-state index in [-0.39, 0.29) is 0 Å². The van der Waals surface area contributed by atoms with Crippen molar-refractivity contribution in [2.75, 3.05) is 105 Å². The van der Waals surface area contributed by atoms with Gasteiger partial charge in [0.05, 0.1) is 66.1 Å². The third-order valence-corrected chi connectivity index (χ3v) is 4.08. The molecule has 1 fully saturated rings. The average Bonchev–Trinajstić information content (AvgIpc) is 2.73. The second kappa shape index (κ2) is 18.4. The number of piperazine rings is 1. The number of azide groups is 1. The van der Waals surface area contributed by atoms with E-state index in [0.717, 1.165) is 19.6 Å². The molecule has 1 aliphatic rings. The van der Waals surface area contributed by atoms with Gasteiger partial charge in [0.2, 0.25) is 0 Å². The molecule has 1 N–H and O–H groups in total. The van der Waals surface area contributed by atoms with Gasteiger partial charge in [0.15, 0.2) is 0 Å². The Balaban J connectivity index is 1.72. The molecule has 0 saturated carbocycles. The highest BCUT2D eigenvalue weighted by atomic mass is 16.6. The second-order valence-electron chi connectivity index (χ2n) is 6.13. The minimum Gasteiger partial charge on any atom is -0.465 e. The summed E-state index contributed by atoms with van der Waals surface area (Å²) in [6.07, 6.45) is -0.848. The maximum absolute atomic E-state index is 10.8.